The van der Waals surface area contributed by atoms with Crippen molar-refractivity contribution in [2.24, 2.45) is 61.8 Å². The topological polar surface area (TPSA) is 103 Å². The lowest BCUT2D eigenvalue weighted by molar-refractivity contribution is -0.0520. The van der Waals surface area contributed by atoms with Gasteiger partial charge in [-0.05, 0) is 154 Å². The van der Waals surface area contributed by atoms with Gasteiger partial charge in [-0.15, -0.1) is 15.5 Å². The first kappa shape index (κ1) is 41.8. The van der Waals surface area contributed by atoms with Gasteiger partial charge in [0, 0.05) is 18.6 Å². The number of nitrogens with zero attached hydrogens (tertiary/aromatic N) is 6. The van der Waals surface area contributed by atoms with E-state index in [1.165, 1.54) is 50.5 Å². The molecule has 3 aromatic rings. The van der Waals surface area contributed by atoms with Crippen molar-refractivity contribution in [1.82, 2.24) is 15.0 Å². The highest BCUT2D eigenvalue weighted by molar-refractivity contribution is 6.62. The van der Waals surface area contributed by atoms with E-state index >= 15 is 0 Å². The molecule has 3 aromatic heterocycles. The lowest BCUT2D eigenvalue weighted by atomic mass is 9.44. The molecule has 4 aliphatic carbocycles. The number of pyridine rings is 3. The molecular formula is C48H66BN6O3-. The van der Waals surface area contributed by atoms with Crippen LogP contribution >= 0.6 is 0 Å². The molecule has 0 aromatic carbocycles. The van der Waals surface area contributed by atoms with Gasteiger partial charge in [-0.3, -0.25) is 15.0 Å². The van der Waals surface area contributed by atoms with Crippen LogP contribution in [0, 0.1) is 46.3 Å². The molecule has 0 bridgehead atoms. The maximum atomic E-state index is 6.61. The molecule has 0 saturated heterocycles. The first-order valence-corrected chi connectivity index (χ1v) is 22.2. The standard InChI is InChI=1S/C48H66BN6O3/c1-33(2)16-15-17-34(3)41-23-24-42-40-22-21-38-32-39(25-27-47(38,7)43(40)26-28-48(41,42)8)49(56-53-35(4)44-18-9-12-29-50-44,57-54-36(5)45-19-10-13-30-51-45)58-55-37(6)46-20-11-14-31-52-46/h9-14,18-21,29-31,33-34,39-43H,15-17,22-28,32H2,1-8H3/q-1/b53-35+,54-36+,55-37?/t34-,39+,40+,41-,42+,43+,47+,48-/m1/s1. The molecule has 0 aliphatic heterocycles. The molecule has 10 heteroatoms. The number of oxime groups is 3. The van der Waals surface area contributed by atoms with Gasteiger partial charge in [-0.1, -0.05) is 90.2 Å². The molecular weight excluding hydrogens is 719 g/mol. The summed E-state index contributed by atoms with van der Waals surface area (Å²) in [6, 6.07) is 17.2. The monoisotopic (exact) mass is 786 g/mol. The summed E-state index contributed by atoms with van der Waals surface area (Å²) in [6.07, 6.45) is 21.1. The molecule has 3 heterocycles. The summed E-state index contributed by atoms with van der Waals surface area (Å²) in [5.74, 6) is 4.43. The summed E-state index contributed by atoms with van der Waals surface area (Å²) >= 11 is 0. The van der Waals surface area contributed by atoms with Crippen LogP contribution in [0.2, 0.25) is 5.82 Å². The van der Waals surface area contributed by atoms with Gasteiger partial charge in [0.15, 0.2) is 0 Å². The fraction of sp³-hybridized carbons (Fsp3) is 0.583. The fourth-order valence-electron chi connectivity index (χ4n) is 11.7. The minimum atomic E-state index is -2.74. The van der Waals surface area contributed by atoms with E-state index in [1.54, 1.807) is 18.6 Å². The maximum Gasteiger partial charge on any atom is 0.612 e. The summed E-state index contributed by atoms with van der Waals surface area (Å²) in [5, 5.41) is 14.0. The van der Waals surface area contributed by atoms with Gasteiger partial charge in [0.05, 0.1) is 34.2 Å². The van der Waals surface area contributed by atoms with E-state index in [4.69, 9.17) is 14.3 Å². The second kappa shape index (κ2) is 17.9. The molecule has 0 amide bonds. The quantitative estimate of drug-likeness (QED) is 0.0658. The summed E-state index contributed by atoms with van der Waals surface area (Å²) in [6.45, 7) is 15.4. The third-order valence-electron chi connectivity index (χ3n) is 15.0. The number of hydrogen-bond donors (Lipinski definition) is 0. The summed E-state index contributed by atoms with van der Waals surface area (Å²) < 4.78 is 19.8. The van der Waals surface area contributed by atoms with Crippen LogP contribution in [0.5, 0.6) is 0 Å². The maximum absolute atomic E-state index is 6.61. The Bertz CT molecular complexity index is 1820. The zero-order chi connectivity index (χ0) is 40.9. The molecule has 7 rings (SSSR count). The van der Waals surface area contributed by atoms with Crippen LogP contribution in [0.3, 0.4) is 0 Å². The molecule has 4 aliphatic rings. The Labute approximate surface area is 347 Å². The van der Waals surface area contributed by atoms with Crippen LogP contribution in [0.25, 0.3) is 0 Å². The second-order valence-electron chi connectivity index (χ2n) is 19.0. The van der Waals surface area contributed by atoms with Gasteiger partial charge in [-0.25, -0.2) is 0 Å². The number of allylic oxidation sites excluding steroid dienone is 2. The average molecular weight is 786 g/mol. The molecule has 310 valence electrons. The van der Waals surface area contributed by atoms with Gasteiger partial charge in [-0.2, -0.15) is 0 Å². The van der Waals surface area contributed by atoms with E-state index in [0.717, 1.165) is 55.3 Å². The second-order valence-corrected chi connectivity index (χ2v) is 19.0. The predicted molar refractivity (Wildman–Crippen MR) is 235 cm³/mol. The average Bonchev–Trinajstić information content (AvgIpc) is 3.61. The molecule has 3 fully saturated rings. The minimum absolute atomic E-state index is 0.108. The van der Waals surface area contributed by atoms with Crippen molar-refractivity contribution >= 4 is 23.9 Å². The van der Waals surface area contributed by atoms with Crippen molar-refractivity contribution in [2.45, 2.75) is 132 Å². The zero-order valence-corrected chi connectivity index (χ0v) is 36.3. The van der Waals surface area contributed by atoms with Crippen LogP contribution < -0.4 is 0 Å². The lowest BCUT2D eigenvalue weighted by Gasteiger charge is -2.59. The highest BCUT2D eigenvalue weighted by Crippen LogP contribution is 2.68. The summed E-state index contributed by atoms with van der Waals surface area (Å²) in [5.41, 5.74) is 5.96. The van der Waals surface area contributed by atoms with Crippen LogP contribution in [-0.2, 0) is 14.3 Å². The number of fused-ring (bicyclic) bond motifs is 5. The fourth-order valence-corrected chi connectivity index (χ4v) is 11.7. The van der Waals surface area contributed by atoms with Crippen LogP contribution in [0.15, 0.2) is 100 Å². The minimum Gasteiger partial charge on any atom is -0.540 e. The van der Waals surface area contributed by atoms with E-state index in [-0.39, 0.29) is 11.2 Å². The first-order valence-electron chi connectivity index (χ1n) is 22.2. The molecule has 0 spiro atoms. The molecule has 3 saturated carbocycles. The molecule has 0 N–H and O–H groups in total. The number of rotatable bonds is 15. The largest absolute Gasteiger partial charge is 0.612 e. The summed E-state index contributed by atoms with van der Waals surface area (Å²) in [7, 11) is 0. The third kappa shape index (κ3) is 8.67. The molecule has 0 unspecified atom stereocenters. The Hall–Kier alpha value is -4.34. The van der Waals surface area contributed by atoms with Gasteiger partial charge < -0.3 is 14.3 Å². The Morgan fingerprint density at radius 1 is 0.707 bits per heavy atom. The molecule has 8 atom stereocenters. The van der Waals surface area contributed by atoms with Crippen molar-refractivity contribution in [3.8, 4) is 0 Å². The smallest absolute Gasteiger partial charge is 0.540 e. The predicted octanol–water partition coefficient (Wildman–Crippen LogP) is 11.8. The third-order valence-corrected chi connectivity index (χ3v) is 15.0. The highest BCUT2D eigenvalue weighted by Gasteiger charge is 2.60. The van der Waals surface area contributed by atoms with Crippen molar-refractivity contribution in [2.75, 3.05) is 0 Å². The van der Waals surface area contributed by atoms with Crippen molar-refractivity contribution < 1.29 is 14.3 Å². The molecule has 0 radical (unpaired) electrons. The van der Waals surface area contributed by atoms with E-state index < -0.39 is 6.75 Å². The van der Waals surface area contributed by atoms with E-state index in [1.807, 2.05) is 75.4 Å². The van der Waals surface area contributed by atoms with Gasteiger partial charge >= 0.3 is 6.75 Å². The van der Waals surface area contributed by atoms with Crippen molar-refractivity contribution in [1.29, 1.82) is 0 Å². The Morgan fingerprint density at radius 2 is 1.26 bits per heavy atom. The van der Waals surface area contributed by atoms with Gasteiger partial charge in [0.2, 0.25) is 0 Å². The van der Waals surface area contributed by atoms with Crippen LogP contribution in [-0.4, -0.2) is 38.8 Å². The number of hydrogen-bond acceptors (Lipinski definition) is 9. The lowest BCUT2D eigenvalue weighted by Crippen LogP contribution is -2.53. The molecule has 58 heavy (non-hydrogen) atoms. The van der Waals surface area contributed by atoms with Crippen molar-refractivity contribution in [3.63, 3.8) is 0 Å². The normalized spacial score (nSPS) is 29.5. The van der Waals surface area contributed by atoms with Crippen LogP contribution in [0.1, 0.15) is 143 Å². The van der Waals surface area contributed by atoms with Gasteiger partial charge in [0.25, 0.3) is 0 Å². The Morgan fingerprint density at radius 3 is 1.76 bits per heavy atom. The van der Waals surface area contributed by atoms with Gasteiger partial charge in [0.1, 0.15) is 0 Å². The summed E-state index contributed by atoms with van der Waals surface area (Å²) in [4.78, 5) is 13.5. The Balaban J connectivity index is 1.20. The van der Waals surface area contributed by atoms with E-state index in [2.05, 4.69) is 71.1 Å². The SMILES string of the molecule is CC(=NO[B-](O/N=C(\C)c1ccccn1)(O/N=C(\C)c1ccccn1)[C@H]1CC[C@@]2(C)C(=CC[C@H]3[C@@H]4CC[C@H]([C@H](C)CCCC(C)C)[C@@]4(C)CC[C@@H]32)C1)c1ccccn1. The molecule has 9 nitrogen and oxygen atoms in total. The zero-order valence-electron chi connectivity index (χ0n) is 36.3. The highest BCUT2D eigenvalue weighted by atomic mass is 16.9. The Kier molecular flexibility index (Phi) is 12.9. The number of aromatic nitrogens is 3. The van der Waals surface area contributed by atoms with E-state index in [0.29, 0.717) is 45.5 Å². The van der Waals surface area contributed by atoms with E-state index in [9.17, 15) is 0 Å². The van der Waals surface area contributed by atoms with Crippen molar-refractivity contribution in [3.05, 3.63) is 102 Å². The first-order chi connectivity index (χ1) is 27.9. The van der Waals surface area contributed by atoms with Crippen LogP contribution in [0.4, 0.5) is 0 Å².